The maximum absolute atomic E-state index is 13.0. The van der Waals surface area contributed by atoms with Crippen LogP contribution in [0.15, 0.2) is 51.8 Å². The normalized spacial score (nSPS) is 16.0. The van der Waals surface area contributed by atoms with E-state index in [0.717, 1.165) is 42.7 Å². The number of nitrogens with one attached hydrogen (secondary N) is 2. The van der Waals surface area contributed by atoms with Crippen LogP contribution in [0, 0.1) is 0 Å². The Hall–Kier alpha value is -4.06. The van der Waals surface area contributed by atoms with Crippen molar-refractivity contribution in [2.24, 2.45) is 0 Å². The highest BCUT2D eigenvalue weighted by Gasteiger charge is 2.32. The average Bonchev–Trinajstić information content (AvgIpc) is 3.40. The molecule has 12 heteroatoms. The molecule has 0 saturated carbocycles. The zero-order valence-corrected chi connectivity index (χ0v) is 21.5. The van der Waals surface area contributed by atoms with Crippen LogP contribution in [-0.4, -0.2) is 26.9 Å². The van der Waals surface area contributed by atoms with Gasteiger partial charge in [0.15, 0.2) is 0 Å². The van der Waals surface area contributed by atoms with Gasteiger partial charge in [0.25, 0.3) is 15.9 Å². The number of furan rings is 1. The van der Waals surface area contributed by atoms with Gasteiger partial charge in [0, 0.05) is 28.9 Å². The van der Waals surface area contributed by atoms with Crippen molar-refractivity contribution < 1.29 is 40.3 Å². The number of sulfonamides is 1. The molecule has 2 N–H and O–H groups in total. The van der Waals surface area contributed by atoms with E-state index in [4.69, 9.17) is 9.15 Å². The molecule has 1 aromatic heterocycles. The lowest BCUT2D eigenvalue weighted by molar-refractivity contribution is -0.137. The summed E-state index contributed by atoms with van der Waals surface area (Å²) in [5, 5.41) is 2.67. The largest absolute Gasteiger partial charge is 0.462 e. The first-order valence-corrected chi connectivity index (χ1v) is 13.7. The lowest BCUT2D eigenvalue weighted by Gasteiger charge is -2.11. The minimum atomic E-state index is -4.56. The van der Waals surface area contributed by atoms with Crippen molar-refractivity contribution in [3.05, 3.63) is 76.2 Å². The molecule has 2 aliphatic rings. The fourth-order valence-electron chi connectivity index (χ4n) is 4.67. The molecule has 39 heavy (non-hydrogen) atoms. The van der Waals surface area contributed by atoms with Crippen LogP contribution >= 0.6 is 0 Å². The molecule has 0 atom stereocenters. The van der Waals surface area contributed by atoms with E-state index in [1.165, 1.54) is 24.3 Å². The lowest BCUT2D eigenvalue weighted by Crippen LogP contribution is -2.13. The summed E-state index contributed by atoms with van der Waals surface area (Å²) in [5.41, 5.74) is 0.745. The van der Waals surface area contributed by atoms with Gasteiger partial charge in [-0.1, -0.05) is 0 Å². The van der Waals surface area contributed by atoms with Gasteiger partial charge >= 0.3 is 12.1 Å². The van der Waals surface area contributed by atoms with Crippen molar-refractivity contribution in [2.45, 2.75) is 43.7 Å². The Morgan fingerprint density at radius 3 is 2.54 bits per heavy atom. The molecule has 3 aromatic rings. The van der Waals surface area contributed by atoms with Gasteiger partial charge in [0.05, 0.1) is 22.6 Å². The smallest absolute Gasteiger partial charge is 0.416 e. The van der Waals surface area contributed by atoms with Crippen LogP contribution in [0.3, 0.4) is 0 Å². The number of amides is 1. The molecule has 2 aromatic carbocycles. The van der Waals surface area contributed by atoms with Gasteiger partial charge in [-0.2, -0.15) is 13.2 Å². The second-order valence-electron chi connectivity index (χ2n) is 9.07. The summed E-state index contributed by atoms with van der Waals surface area (Å²) in [6.45, 7) is 1.84. The molecule has 2 heterocycles. The van der Waals surface area contributed by atoms with E-state index in [2.05, 4.69) is 10.0 Å². The molecular weight excluding hydrogens is 537 g/mol. The van der Waals surface area contributed by atoms with E-state index in [1.54, 1.807) is 6.92 Å². The fourth-order valence-corrected chi connectivity index (χ4v) is 5.75. The number of hydrogen-bond donors (Lipinski definition) is 2. The molecule has 0 spiro atoms. The van der Waals surface area contributed by atoms with Gasteiger partial charge in [0.1, 0.15) is 17.1 Å². The van der Waals surface area contributed by atoms with Crippen molar-refractivity contribution in [1.82, 2.24) is 0 Å². The van der Waals surface area contributed by atoms with Gasteiger partial charge in [-0.15, -0.1) is 0 Å². The first kappa shape index (κ1) is 26.5. The number of benzene rings is 2. The molecule has 0 radical (unpaired) electrons. The summed E-state index contributed by atoms with van der Waals surface area (Å²) >= 11 is 0. The zero-order valence-electron chi connectivity index (χ0n) is 20.6. The van der Waals surface area contributed by atoms with Gasteiger partial charge in [-0.25, -0.2) is 13.2 Å². The van der Waals surface area contributed by atoms with Gasteiger partial charge in [-0.05, 0) is 74.7 Å². The fraction of sp³-hybridized carbons (Fsp3) is 0.259. The molecule has 5 rings (SSSR count). The average molecular weight is 561 g/mol. The van der Waals surface area contributed by atoms with E-state index in [0.29, 0.717) is 24.3 Å². The summed E-state index contributed by atoms with van der Waals surface area (Å²) in [5.74, 6) is -0.257. The summed E-state index contributed by atoms with van der Waals surface area (Å²) in [6, 6.07) is 7.53. The quantitative estimate of drug-likeness (QED) is 0.298. The van der Waals surface area contributed by atoms with Crippen molar-refractivity contribution in [2.75, 3.05) is 16.6 Å². The first-order valence-electron chi connectivity index (χ1n) is 12.2. The number of aryl methyl sites for hydroxylation is 1. The third-order valence-corrected chi connectivity index (χ3v) is 7.88. The van der Waals surface area contributed by atoms with Crippen molar-refractivity contribution >= 4 is 44.9 Å². The Bertz CT molecular complexity index is 1610. The Balaban J connectivity index is 1.51. The minimum absolute atomic E-state index is 0.0614. The summed E-state index contributed by atoms with van der Waals surface area (Å²) in [6.07, 6.45) is -0.0885. The molecule has 8 nitrogen and oxygen atoms in total. The van der Waals surface area contributed by atoms with Crippen LogP contribution in [0.5, 0.6) is 0 Å². The minimum Gasteiger partial charge on any atom is -0.462 e. The second-order valence-corrected chi connectivity index (χ2v) is 10.8. The maximum Gasteiger partial charge on any atom is 0.416 e. The number of alkyl halides is 3. The predicted octanol–water partition coefficient (Wildman–Crippen LogP) is 5.65. The number of esters is 1. The van der Waals surface area contributed by atoms with E-state index in [-0.39, 0.29) is 39.7 Å². The number of anilines is 2. The Kier molecular flexibility index (Phi) is 6.75. The molecule has 1 aliphatic heterocycles. The number of carbonyl (C=O) groups excluding carboxylic acids is 2. The third-order valence-electron chi connectivity index (χ3n) is 6.50. The van der Waals surface area contributed by atoms with Crippen LogP contribution in [0.1, 0.15) is 58.3 Å². The summed E-state index contributed by atoms with van der Waals surface area (Å²) in [7, 11) is -4.22. The molecule has 204 valence electrons. The summed E-state index contributed by atoms with van der Waals surface area (Å²) in [4.78, 5) is 25.4. The second kappa shape index (κ2) is 9.92. The highest BCUT2D eigenvalue weighted by atomic mass is 32.2. The maximum atomic E-state index is 13.0. The van der Waals surface area contributed by atoms with Crippen molar-refractivity contribution in [1.29, 1.82) is 0 Å². The van der Waals surface area contributed by atoms with Crippen LogP contribution in [0.25, 0.3) is 11.6 Å². The Morgan fingerprint density at radius 2 is 1.85 bits per heavy atom. The molecular formula is C27H23F3N2O6S. The zero-order chi connectivity index (χ0) is 27.9. The molecule has 1 aliphatic carbocycles. The Morgan fingerprint density at radius 1 is 1.13 bits per heavy atom. The lowest BCUT2D eigenvalue weighted by atomic mass is 9.94. The molecule has 0 unspecified atom stereocenters. The number of halogens is 3. The number of hydrogen-bond acceptors (Lipinski definition) is 6. The number of ether oxygens (including phenoxy) is 1. The molecule has 1 amide bonds. The number of fused-ring (bicyclic) bond motifs is 2. The van der Waals surface area contributed by atoms with Crippen LogP contribution in [0.2, 0.25) is 0 Å². The highest BCUT2D eigenvalue weighted by Crippen LogP contribution is 2.38. The van der Waals surface area contributed by atoms with E-state index in [9.17, 15) is 31.2 Å². The monoisotopic (exact) mass is 560 g/mol. The molecule has 0 bridgehead atoms. The van der Waals surface area contributed by atoms with Crippen molar-refractivity contribution in [3.8, 4) is 0 Å². The van der Waals surface area contributed by atoms with Crippen LogP contribution < -0.4 is 10.0 Å². The highest BCUT2D eigenvalue weighted by molar-refractivity contribution is 7.92. The SMILES string of the molecule is CCOC(=O)c1c(C=C2C(=O)Nc3ccc(S(=O)(=O)Nc4ccc(C(F)(F)F)cc4)cc32)oc2c1CCCC2. The van der Waals surface area contributed by atoms with E-state index in [1.807, 2.05) is 0 Å². The van der Waals surface area contributed by atoms with E-state index >= 15 is 0 Å². The van der Waals surface area contributed by atoms with Gasteiger partial charge < -0.3 is 14.5 Å². The molecule has 0 fully saturated rings. The number of rotatable bonds is 6. The molecule has 0 saturated heterocycles. The summed E-state index contributed by atoms with van der Waals surface area (Å²) < 4.78 is 78.0. The Labute approximate surface area is 221 Å². The van der Waals surface area contributed by atoms with E-state index < -0.39 is 33.6 Å². The van der Waals surface area contributed by atoms with Crippen molar-refractivity contribution in [3.63, 3.8) is 0 Å². The van der Waals surface area contributed by atoms with Crippen LogP contribution in [0.4, 0.5) is 24.5 Å². The van der Waals surface area contributed by atoms with Gasteiger partial charge in [0.2, 0.25) is 0 Å². The van der Waals surface area contributed by atoms with Gasteiger partial charge in [-0.3, -0.25) is 9.52 Å². The number of carbonyl (C=O) groups is 2. The standard InChI is InChI=1S/C27H23F3N2O6S/c1-2-37-26(34)24-18-5-3-4-6-22(18)38-23(24)14-20-19-13-17(11-12-21(19)31-25(20)33)39(35,36)32-16-9-7-15(8-10-16)27(28,29)30/h7-14,32H,2-6H2,1H3,(H,31,33). The first-order chi connectivity index (χ1) is 18.5. The third kappa shape index (κ3) is 5.16. The topological polar surface area (TPSA) is 115 Å². The predicted molar refractivity (Wildman–Crippen MR) is 137 cm³/mol. The van der Waals surface area contributed by atoms with Crippen LogP contribution in [-0.2, 0) is 38.6 Å².